The highest BCUT2D eigenvalue weighted by Gasteiger charge is 2.04. The molecule has 0 heterocycles. The Labute approximate surface area is 230 Å². The molecule has 7 heteroatoms. The largest absolute Gasteiger partial charge is 0.480 e. The summed E-state index contributed by atoms with van der Waals surface area (Å²) in [6.45, 7) is 4.93. The SMILES string of the molecule is CCCCCCCC/C=C\CCCCCCCCNCCCN.O=C(O)COc1ccc(Cl)cc1Cl. The number of nitrogens with two attached hydrogens (primary N) is 1. The van der Waals surface area contributed by atoms with Crippen LogP contribution in [0.4, 0.5) is 0 Å². The molecular weight excluding hydrogens is 495 g/mol. The maximum atomic E-state index is 10.2. The first-order valence-corrected chi connectivity index (χ1v) is 14.6. The van der Waals surface area contributed by atoms with E-state index in [0.29, 0.717) is 15.8 Å². The Morgan fingerprint density at radius 1 is 0.889 bits per heavy atom. The van der Waals surface area contributed by atoms with Crippen molar-refractivity contribution in [3.63, 3.8) is 0 Å². The first-order valence-electron chi connectivity index (χ1n) is 13.9. The minimum absolute atomic E-state index is 0.300. The molecule has 1 aromatic rings. The van der Waals surface area contributed by atoms with Gasteiger partial charge in [0.05, 0.1) is 5.02 Å². The van der Waals surface area contributed by atoms with E-state index >= 15 is 0 Å². The highest BCUT2D eigenvalue weighted by Crippen LogP contribution is 2.27. The quantitative estimate of drug-likeness (QED) is 0.101. The second-order valence-electron chi connectivity index (χ2n) is 9.09. The number of allylic oxidation sites excluding steroid dienone is 2. The van der Waals surface area contributed by atoms with Gasteiger partial charge in [-0.05, 0) is 76.4 Å². The van der Waals surface area contributed by atoms with Gasteiger partial charge in [-0.2, -0.15) is 0 Å². The van der Waals surface area contributed by atoms with Crippen LogP contribution in [0.5, 0.6) is 5.75 Å². The number of nitrogens with one attached hydrogen (secondary N) is 1. The summed E-state index contributed by atoms with van der Waals surface area (Å²) in [6, 6.07) is 4.58. The second-order valence-corrected chi connectivity index (χ2v) is 9.93. The van der Waals surface area contributed by atoms with Crippen molar-refractivity contribution in [2.75, 3.05) is 26.2 Å². The molecule has 0 saturated carbocycles. The summed E-state index contributed by atoms with van der Waals surface area (Å²) in [5.74, 6) is -0.737. The molecule has 1 aromatic carbocycles. The number of hydrogen-bond acceptors (Lipinski definition) is 4. The Kier molecular flexibility index (Phi) is 25.8. The lowest BCUT2D eigenvalue weighted by Crippen LogP contribution is -2.19. The van der Waals surface area contributed by atoms with Crippen LogP contribution in [-0.4, -0.2) is 37.3 Å². The van der Waals surface area contributed by atoms with Crippen molar-refractivity contribution in [2.24, 2.45) is 5.73 Å². The van der Waals surface area contributed by atoms with Gasteiger partial charge in [-0.15, -0.1) is 0 Å². The van der Waals surface area contributed by atoms with Crippen LogP contribution in [0.2, 0.25) is 10.0 Å². The predicted molar refractivity (Wildman–Crippen MR) is 156 cm³/mol. The summed E-state index contributed by atoms with van der Waals surface area (Å²) in [7, 11) is 0. The van der Waals surface area contributed by atoms with Gasteiger partial charge in [0.1, 0.15) is 5.75 Å². The average molecular weight is 546 g/mol. The molecule has 5 nitrogen and oxygen atoms in total. The standard InChI is InChI=1S/C21H44N2.C8H6Cl2O3/c1-2-3-4-5-6-7-8-9-10-11-12-13-14-15-16-17-20-23-21-18-19-22;9-5-1-2-7(6(10)3-5)13-4-8(11)12/h9-10,23H,2-8,11-22H2,1H3;1-3H,4H2,(H,11,12)/b10-9-;. The van der Waals surface area contributed by atoms with Gasteiger partial charge in [-0.3, -0.25) is 0 Å². The molecule has 0 bridgehead atoms. The Bertz CT molecular complexity index is 672. The van der Waals surface area contributed by atoms with Gasteiger partial charge in [0.15, 0.2) is 6.61 Å². The van der Waals surface area contributed by atoms with Crippen LogP contribution in [0.1, 0.15) is 103 Å². The fourth-order valence-corrected chi connectivity index (χ4v) is 4.04. The zero-order valence-electron chi connectivity index (χ0n) is 22.4. The number of benzene rings is 1. The van der Waals surface area contributed by atoms with E-state index in [1.165, 1.54) is 109 Å². The Balaban J connectivity index is 0.000000790. The Morgan fingerprint density at radius 3 is 2.00 bits per heavy atom. The van der Waals surface area contributed by atoms with E-state index in [1.807, 2.05) is 0 Å². The number of halogens is 2. The first-order chi connectivity index (χ1) is 17.5. The van der Waals surface area contributed by atoms with Crippen LogP contribution in [0.25, 0.3) is 0 Å². The first kappa shape index (κ1) is 34.7. The minimum atomic E-state index is -1.05. The summed E-state index contributed by atoms with van der Waals surface area (Å²) >= 11 is 11.3. The topological polar surface area (TPSA) is 84.6 Å². The second kappa shape index (κ2) is 26.8. The third-order valence-electron chi connectivity index (χ3n) is 5.67. The van der Waals surface area contributed by atoms with Crippen molar-refractivity contribution >= 4 is 29.2 Å². The summed E-state index contributed by atoms with van der Waals surface area (Å²) in [4.78, 5) is 10.2. The Hall–Kier alpha value is -1.27. The molecule has 0 unspecified atom stereocenters. The van der Waals surface area contributed by atoms with E-state index < -0.39 is 12.6 Å². The number of carbonyl (C=O) groups is 1. The smallest absolute Gasteiger partial charge is 0.341 e. The molecule has 0 amide bonds. The zero-order valence-corrected chi connectivity index (χ0v) is 23.9. The van der Waals surface area contributed by atoms with Gasteiger partial charge >= 0.3 is 5.97 Å². The normalized spacial score (nSPS) is 10.9. The molecular formula is C29H50Cl2N2O3. The average Bonchev–Trinajstić information content (AvgIpc) is 2.85. The number of unbranched alkanes of at least 4 members (excludes halogenated alkanes) is 12. The third-order valence-corrected chi connectivity index (χ3v) is 6.20. The molecule has 0 aliphatic heterocycles. The van der Waals surface area contributed by atoms with Gasteiger partial charge in [0.25, 0.3) is 0 Å². The molecule has 208 valence electrons. The summed E-state index contributed by atoms with van der Waals surface area (Å²) in [6.07, 6.45) is 25.3. The van der Waals surface area contributed by atoms with Crippen LogP contribution in [-0.2, 0) is 4.79 Å². The van der Waals surface area contributed by atoms with Crippen molar-refractivity contribution in [2.45, 2.75) is 103 Å². The molecule has 0 atom stereocenters. The maximum Gasteiger partial charge on any atom is 0.341 e. The van der Waals surface area contributed by atoms with E-state index in [4.69, 9.17) is 38.8 Å². The van der Waals surface area contributed by atoms with E-state index in [1.54, 1.807) is 6.07 Å². The summed E-state index contributed by atoms with van der Waals surface area (Å²) in [5.41, 5.74) is 5.46. The third kappa shape index (κ3) is 24.4. The van der Waals surface area contributed by atoms with Gasteiger partial charge in [0, 0.05) is 5.02 Å². The lowest BCUT2D eigenvalue weighted by molar-refractivity contribution is -0.139. The van der Waals surface area contributed by atoms with Gasteiger partial charge < -0.3 is 20.9 Å². The molecule has 0 radical (unpaired) electrons. The van der Waals surface area contributed by atoms with Crippen LogP contribution in [0.3, 0.4) is 0 Å². The van der Waals surface area contributed by atoms with E-state index in [0.717, 1.165) is 19.5 Å². The fraction of sp³-hybridized carbons (Fsp3) is 0.690. The van der Waals surface area contributed by atoms with Crippen LogP contribution >= 0.6 is 23.2 Å². The summed E-state index contributed by atoms with van der Waals surface area (Å²) in [5, 5.41) is 12.6. The molecule has 0 aromatic heterocycles. The van der Waals surface area contributed by atoms with Gasteiger partial charge in [-0.25, -0.2) is 4.79 Å². The van der Waals surface area contributed by atoms with Crippen molar-refractivity contribution in [3.05, 3.63) is 40.4 Å². The maximum absolute atomic E-state index is 10.2. The number of hydrogen-bond donors (Lipinski definition) is 3. The molecule has 0 aliphatic rings. The summed E-state index contributed by atoms with van der Waals surface area (Å²) < 4.78 is 4.86. The Morgan fingerprint density at radius 2 is 1.44 bits per heavy atom. The molecule has 1 rings (SSSR count). The highest BCUT2D eigenvalue weighted by molar-refractivity contribution is 6.35. The van der Waals surface area contributed by atoms with Crippen LogP contribution in [0.15, 0.2) is 30.4 Å². The van der Waals surface area contributed by atoms with E-state index in [2.05, 4.69) is 24.4 Å². The molecule has 0 spiro atoms. The highest BCUT2D eigenvalue weighted by atomic mass is 35.5. The van der Waals surface area contributed by atoms with Crippen molar-refractivity contribution < 1.29 is 14.6 Å². The zero-order chi connectivity index (χ0) is 26.7. The number of carboxylic acids is 1. The van der Waals surface area contributed by atoms with Crippen molar-refractivity contribution in [1.82, 2.24) is 5.32 Å². The number of aliphatic carboxylic acids is 1. The van der Waals surface area contributed by atoms with Crippen molar-refractivity contribution in [3.8, 4) is 5.75 Å². The van der Waals surface area contributed by atoms with Crippen LogP contribution < -0.4 is 15.8 Å². The predicted octanol–water partition coefficient (Wildman–Crippen LogP) is 8.42. The molecule has 4 N–H and O–H groups in total. The minimum Gasteiger partial charge on any atom is -0.480 e. The fourth-order valence-electron chi connectivity index (χ4n) is 3.58. The molecule has 0 fully saturated rings. The van der Waals surface area contributed by atoms with E-state index in [9.17, 15) is 4.79 Å². The molecule has 0 aliphatic carbocycles. The van der Waals surface area contributed by atoms with Crippen LogP contribution in [0, 0.1) is 0 Å². The lowest BCUT2D eigenvalue weighted by Gasteiger charge is -2.04. The van der Waals surface area contributed by atoms with Crippen molar-refractivity contribution in [1.29, 1.82) is 0 Å². The monoisotopic (exact) mass is 544 g/mol. The number of rotatable bonds is 22. The van der Waals surface area contributed by atoms with Gasteiger partial charge in [0.2, 0.25) is 0 Å². The number of carboxylic acid groups (broad SMARTS) is 1. The molecule has 36 heavy (non-hydrogen) atoms. The lowest BCUT2D eigenvalue weighted by atomic mass is 10.1. The van der Waals surface area contributed by atoms with Gasteiger partial charge in [-0.1, -0.05) is 100 Å². The molecule has 0 saturated heterocycles. The number of ether oxygens (including phenoxy) is 1. The van der Waals surface area contributed by atoms with E-state index in [-0.39, 0.29) is 0 Å².